The Labute approximate surface area is 250 Å². The predicted octanol–water partition coefficient (Wildman–Crippen LogP) is 11.5. The lowest BCUT2D eigenvalue weighted by molar-refractivity contribution is 1.23. The quantitative estimate of drug-likeness (QED) is 0.197. The lowest BCUT2D eigenvalue weighted by Gasteiger charge is -2.29. The third-order valence-corrected chi connectivity index (χ3v) is 7.86. The summed E-state index contributed by atoms with van der Waals surface area (Å²) in [6.45, 7) is 8.97. The molecule has 2 heteroatoms. The maximum Gasteiger partial charge on any atom is 0.0467 e. The second-order valence-corrected chi connectivity index (χ2v) is 10.9. The minimum absolute atomic E-state index is 1.15. The number of aryl methyl sites for hydroxylation is 4. The Morgan fingerprint density at radius 1 is 0.286 bits per heavy atom. The van der Waals surface area contributed by atoms with Gasteiger partial charge in [0, 0.05) is 34.1 Å². The first-order chi connectivity index (χ1) is 20.5. The molecule has 42 heavy (non-hydrogen) atoms. The van der Waals surface area contributed by atoms with Crippen molar-refractivity contribution in [3.05, 3.63) is 168 Å². The summed E-state index contributed by atoms with van der Waals surface area (Å²) in [6.07, 6.45) is 0. The number of anilines is 6. The Balaban J connectivity index is 1.45. The van der Waals surface area contributed by atoms with Crippen molar-refractivity contribution < 1.29 is 0 Å². The van der Waals surface area contributed by atoms with Gasteiger partial charge in [0.05, 0.1) is 0 Å². The molecule has 6 aromatic carbocycles. The molecule has 0 fully saturated rings. The molecule has 0 aromatic heterocycles. The summed E-state index contributed by atoms with van der Waals surface area (Å²) in [4.78, 5) is 4.67. The highest BCUT2D eigenvalue weighted by atomic mass is 15.1. The van der Waals surface area contributed by atoms with E-state index in [4.69, 9.17) is 0 Å². The summed E-state index contributed by atoms with van der Waals surface area (Å²) in [6, 6.07) is 51.7. The summed E-state index contributed by atoms with van der Waals surface area (Å²) in [7, 11) is 0. The number of rotatable bonds is 7. The zero-order chi connectivity index (χ0) is 29.1. The first-order valence-electron chi connectivity index (χ1n) is 14.5. The molecule has 0 heterocycles. The highest BCUT2D eigenvalue weighted by Crippen LogP contribution is 2.43. The van der Waals surface area contributed by atoms with Crippen LogP contribution in [-0.2, 0) is 0 Å². The van der Waals surface area contributed by atoms with Crippen LogP contribution in [0.5, 0.6) is 0 Å². The predicted molar refractivity (Wildman–Crippen MR) is 180 cm³/mol. The first-order valence-corrected chi connectivity index (χ1v) is 14.5. The molecule has 206 valence electrons. The second kappa shape index (κ2) is 11.8. The van der Waals surface area contributed by atoms with Crippen molar-refractivity contribution in [1.82, 2.24) is 0 Å². The van der Waals surface area contributed by atoms with Crippen molar-refractivity contribution in [3.8, 4) is 11.1 Å². The molecule has 0 aliphatic carbocycles. The lowest BCUT2D eigenvalue weighted by Crippen LogP contribution is -2.11. The highest BCUT2D eigenvalue weighted by molar-refractivity contribution is 5.86. The number of benzene rings is 6. The van der Waals surface area contributed by atoms with Gasteiger partial charge < -0.3 is 9.80 Å². The van der Waals surface area contributed by atoms with E-state index in [1.54, 1.807) is 0 Å². The van der Waals surface area contributed by atoms with E-state index in [2.05, 4.69) is 183 Å². The molecule has 6 aromatic rings. The van der Waals surface area contributed by atoms with E-state index in [-0.39, 0.29) is 0 Å². The molecule has 0 bridgehead atoms. The van der Waals surface area contributed by atoms with Crippen LogP contribution in [0, 0.1) is 27.7 Å². The van der Waals surface area contributed by atoms with E-state index in [9.17, 15) is 0 Å². The second-order valence-electron chi connectivity index (χ2n) is 10.9. The molecule has 0 unspecified atom stereocenters. The van der Waals surface area contributed by atoms with E-state index >= 15 is 0 Å². The zero-order valence-corrected chi connectivity index (χ0v) is 24.8. The lowest BCUT2D eigenvalue weighted by atomic mass is 9.88. The molecule has 0 amide bonds. The van der Waals surface area contributed by atoms with Gasteiger partial charge in [-0.15, -0.1) is 0 Å². The molecule has 0 atom stereocenters. The SMILES string of the molecule is Cc1cc(N(c2ccccc2)c2ccccc2)cc(C)c1-c1c(C)cc(N(c2ccccc2)c2ccccc2)cc1C. The molecule has 0 saturated carbocycles. The molecule has 0 aliphatic heterocycles. The van der Waals surface area contributed by atoms with Crippen molar-refractivity contribution in [2.45, 2.75) is 27.7 Å². The Bertz CT molecular complexity index is 1530. The Morgan fingerprint density at radius 2 is 0.500 bits per heavy atom. The van der Waals surface area contributed by atoms with Crippen molar-refractivity contribution in [2.75, 3.05) is 9.80 Å². The fourth-order valence-corrected chi connectivity index (χ4v) is 6.13. The summed E-state index contributed by atoms with van der Waals surface area (Å²) < 4.78 is 0. The monoisotopic (exact) mass is 544 g/mol. The van der Waals surface area contributed by atoms with Gasteiger partial charge in [-0.2, -0.15) is 0 Å². The van der Waals surface area contributed by atoms with E-state index in [1.165, 1.54) is 33.4 Å². The van der Waals surface area contributed by atoms with E-state index in [1.807, 2.05) is 0 Å². The largest absolute Gasteiger partial charge is 0.310 e. The minimum atomic E-state index is 1.15. The number of hydrogen-bond acceptors (Lipinski definition) is 2. The summed E-state index contributed by atoms with van der Waals surface area (Å²) >= 11 is 0. The molecule has 0 N–H and O–H groups in total. The number of hydrogen-bond donors (Lipinski definition) is 0. The molecular weight excluding hydrogens is 508 g/mol. The van der Waals surface area contributed by atoms with Gasteiger partial charge in [-0.25, -0.2) is 0 Å². The average molecular weight is 545 g/mol. The van der Waals surface area contributed by atoms with Crippen LogP contribution < -0.4 is 9.80 Å². The minimum Gasteiger partial charge on any atom is -0.310 e. The molecule has 0 spiro atoms. The normalized spacial score (nSPS) is 10.9. The van der Waals surface area contributed by atoms with Gasteiger partial charge in [-0.3, -0.25) is 0 Å². The maximum absolute atomic E-state index is 2.34. The van der Waals surface area contributed by atoms with E-state index in [0.717, 1.165) is 34.1 Å². The topological polar surface area (TPSA) is 6.48 Å². The van der Waals surface area contributed by atoms with Crippen LogP contribution in [0.15, 0.2) is 146 Å². The fraction of sp³-hybridized carbons (Fsp3) is 0.100. The van der Waals surface area contributed by atoms with Gasteiger partial charge >= 0.3 is 0 Å². The molecule has 6 rings (SSSR count). The Kier molecular flexibility index (Phi) is 7.62. The van der Waals surface area contributed by atoms with Crippen LogP contribution in [0.25, 0.3) is 11.1 Å². The number of nitrogens with zero attached hydrogens (tertiary/aromatic N) is 2. The van der Waals surface area contributed by atoms with Crippen molar-refractivity contribution >= 4 is 34.1 Å². The van der Waals surface area contributed by atoms with Crippen LogP contribution >= 0.6 is 0 Å². The fourth-order valence-electron chi connectivity index (χ4n) is 6.13. The Morgan fingerprint density at radius 3 is 0.714 bits per heavy atom. The van der Waals surface area contributed by atoms with Gasteiger partial charge in [0.15, 0.2) is 0 Å². The van der Waals surface area contributed by atoms with Gasteiger partial charge in [0.25, 0.3) is 0 Å². The first kappa shape index (κ1) is 27.1. The zero-order valence-electron chi connectivity index (χ0n) is 24.8. The van der Waals surface area contributed by atoms with Gasteiger partial charge in [-0.1, -0.05) is 72.8 Å². The van der Waals surface area contributed by atoms with Crippen LogP contribution in [0.4, 0.5) is 34.1 Å². The smallest absolute Gasteiger partial charge is 0.0467 e. The third kappa shape index (κ3) is 5.32. The standard InChI is InChI=1S/C40H36N2/c1-29-25-37(41(33-17-9-5-10-18-33)34-19-11-6-12-20-34)26-30(2)39(29)40-31(3)27-38(28-32(40)4)42(35-21-13-7-14-22-35)36-23-15-8-16-24-36/h5-28H,1-4H3. The summed E-state index contributed by atoms with van der Waals surface area (Å²) in [5.41, 5.74) is 14.6. The highest BCUT2D eigenvalue weighted by Gasteiger charge is 2.20. The van der Waals surface area contributed by atoms with Gasteiger partial charge in [-0.05, 0) is 134 Å². The van der Waals surface area contributed by atoms with Crippen LogP contribution in [-0.4, -0.2) is 0 Å². The summed E-state index contributed by atoms with van der Waals surface area (Å²) in [5, 5.41) is 0. The van der Waals surface area contributed by atoms with E-state index < -0.39 is 0 Å². The van der Waals surface area contributed by atoms with Gasteiger partial charge in [0.2, 0.25) is 0 Å². The Hall–Kier alpha value is -5.08. The van der Waals surface area contributed by atoms with Crippen molar-refractivity contribution in [3.63, 3.8) is 0 Å². The number of para-hydroxylation sites is 4. The molecule has 2 nitrogen and oxygen atoms in total. The van der Waals surface area contributed by atoms with E-state index in [0.29, 0.717) is 0 Å². The van der Waals surface area contributed by atoms with Crippen LogP contribution in [0.2, 0.25) is 0 Å². The molecular formula is C40H36N2. The average Bonchev–Trinajstić information content (AvgIpc) is 3.01. The molecule has 0 aliphatic rings. The van der Waals surface area contributed by atoms with Crippen molar-refractivity contribution in [1.29, 1.82) is 0 Å². The van der Waals surface area contributed by atoms with Crippen LogP contribution in [0.1, 0.15) is 22.3 Å². The van der Waals surface area contributed by atoms with Crippen molar-refractivity contribution in [2.24, 2.45) is 0 Å². The van der Waals surface area contributed by atoms with Gasteiger partial charge in [0.1, 0.15) is 0 Å². The molecule has 0 radical (unpaired) electrons. The maximum atomic E-state index is 2.34. The third-order valence-electron chi connectivity index (χ3n) is 7.86. The summed E-state index contributed by atoms with van der Waals surface area (Å²) in [5.74, 6) is 0. The van der Waals surface area contributed by atoms with Crippen LogP contribution in [0.3, 0.4) is 0 Å². The molecule has 0 saturated heterocycles.